The summed E-state index contributed by atoms with van der Waals surface area (Å²) in [5.74, 6) is 3.51. The zero-order chi connectivity index (χ0) is 53.2. The van der Waals surface area contributed by atoms with E-state index in [9.17, 15) is 15.3 Å². The van der Waals surface area contributed by atoms with Gasteiger partial charge in [-0.25, -0.2) is 0 Å². The molecule has 1 aliphatic heterocycles. The lowest BCUT2D eigenvalue weighted by atomic mass is 9.73. The predicted octanol–water partition coefficient (Wildman–Crippen LogP) is 19.0. The molecule has 3 aromatic carbocycles. The van der Waals surface area contributed by atoms with Crippen LogP contribution in [0.5, 0.6) is 17.2 Å². The molecule has 0 bridgehead atoms. The molecule has 5 heteroatoms. The second-order valence-electron chi connectivity index (χ2n) is 27.8. The van der Waals surface area contributed by atoms with Crippen LogP contribution in [-0.4, -0.2) is 28.5 Å². The third-order valence-electron chi connectivity index (χ3n) is 14.8. The average Bonchev–Trinajstić information content (AvgIpc) is 3.23. The normalized spacial score (nSPS) is 19.5. The van der Waals surface area contributed by atoms with Gasteiger partial charge in [-0.3, -0.25) is 0 Å². The van der Waals surface area contributed by atoms with E-state index in [-0.39, 0.29) is 38.8 Å². The van der Waals surface area contributed by atoms with Gasteiger partial charge in [0.2, 0.25) is 0 Å². The van der Waals surface area contributed by atoms with Crippen molar-refractivity contribution in [1.82, 2.24) is 0 Å². The number of hydrogen-bond donors (Lipinski definition) is 3. The molecule has 3 aromatic rings. The van der Waals surface area contributed by atoms with Gasteiger partial charge in [-0.05, 0) is 146 Å². The van der Waals surface area contributed by atoms with Gasteiger partial charge in [0, 0.05) is 11.5 Å². The fraction of sp³-hybridized carbons (Fsp3) is 0.723. The molecule has 3 N–H and O–H groups in total. The number of hydrogen-bond acceptors (Lipinski definition) is 5. The van der Waals surface area contributed by atoms with E-state index in [1.807, 2.05) is 0 Å². The predicted molar refractivity (Wildman–Crippen MR) is 302 cm³/mol. The Morgan fingerprint density at radius 1 is 0.400 bits per heavy atom. The van der Waals surface area contributed by atoms with Crippen LogP contribution in [0.15, 0.2) is 36.4 Å². The number of unbranched alkanes of at least 4 members (excludes halogenated alkanes) is 4. The SMILES string of the molecule is CCCC1CCC(c2cc(C(C)(C)C)c(O)c(C(C)(C)C)c2)CC1.CCCC1COC(c2cc(C(C)(C)C)c(O)c(C(C)(C)C)c2)OC1.CCCCCCCc1cc(C(C)(C)C)c(O)c(C(C)(C)C)c1. The smallest absolute Gasteiger partial charge is 0.183 e. The van der Waals surface area contributed by atoms with Crippen molar-refractivity contribution in [2.24, 2.45) is 11.8 Å². The summed E-state index contributed by atoms with van der Waals surface area (Å²) in [4.78, 5) is 0. The van der Waals surface area contributed by atoms with Crippen molar-refractivity contribution in [1.29, 1.82) is 0 Å². The summed E-state index contributed by atoms with van der Waals surface area (Å²) in [6.45, 7) is 47.3. The molecular formula is C65H108O5. The topological polar surface area (TPSA) is 79.2 Å². The van der Waals surface area contributed by atoms with Crippen LogP contribution in [0.3, 0.4) is 0 Å². The zero-order valence-electron chi connectivity index (χ0n) is 49.2. The Hall–Kier alpha value is -3.02. The van der Waals surface area contributed by atoms with E-state index in [0.717, 1.165) is 77.3 Å². The van der Waals surface area contributed by atoms with Gasteiger partial charge in [-0.1, -0.05) is 215 Å². The Morgan fingerprint density at radius 2 is 0.729 bits per heavy atom. The summed E-state index contributed by atoms with van der Waals surface area (Å²) in [5, 5.41) is 32.4. The molecule has 0 atom stereocenters. The van der Waals surface area contributed by atoms with Gasteiger partial charge in [0.15, 0.2) is 6.29 Å². The quantitative estimate of drug-likeness (QED) is 0.158. The molecule has 2 fully saturated rings. The largest absolute Gasteiger partial charge is 0.507 e. The van der Waals surface area contributed by atoms with Crippen LogP contribution in [0.2, 0.25) is 0 Å². The molecule has 1 saturated carbocycles. The van der Waals surface area contributed by atoms with Gasteiger partial charge in [-0.2, -0.15) is 0 Å². The lowest BCUT2D eigenvalue weighted by Crippen LogP contribution is -2.28. The van der Waals surface area contributed by atoms with Crippen LogP contribution in [0.1, 0.15) is 291 Å². The van der Waals surface area contributed by atoms with Gasteiger partial charge >= 0.3 is 0 Å². The fourth-order valence-electron chi connectivity index (χ4n) is 10.4. The first-order valence-electron chi connectivity index (χ1n) is 28.0. The maximum absolute atomic E-state index is 10.9. The molecule has 5 rings (SSSR count). The molecule has 0 aromatic heterocycles. The van der Waals surface area contributed by atoms with E-state index >= 15 is 0 Å². The molecule has 70 heavy (non-hydrogen) atoms. The Morgan fingerprint density at radius 3 is 1.07 bits per heavy atom. The van der Waals surface area contributed by atoms with Crippen molar-refractivity contribution in [2.75, 3.05) is 13.2 Å². The van der Waals surface area contributed by atoms with Gasteiger partial charge in [-0.15, -0.1) is 0 Å². The van der Waals surface area contributed by atoms with Gasteiger partial charge in [0.1, 0.15) is 17.2 Å². The van der Waals surface area contributed by atoms with Crippen molar-refractivity contribution in [3.63, 3.8) is 0 Å². The zero-order valence-corrected chi connectivity index (χ0v) is 49.2. The molecule has 0 spiro atoms. The lowest BCUT2D eigenvalue weighted by Gasteiger charge is -2.33. The molecule has 0 radical (unpaired) electrons. The van der Waals surface area contributed by atoms with Crippen molar-refractivity contribution < 1.29 is 24.8 Å². The summed E-state index contributed by atoms with van der Waals surface area (Å²) in [6, 6.07) is 13.2. The third-order valence-corrected chi connectivity index (χ3v) is 14.8. The molecule has 1 heterocycles. The van der Waals surface area contributed by atoms with Crippen LogP contribution >= 0.6 is 0 Å². The van der Waals surface area contributed by atoms with Crippen molar-refractivity contribution in [2.45, 2.75) is 280 Å². The first-order chi connectivity index (χ1) is 32.1. The minimum atomic E-state index is -0.332. The Labute approximate surface area is 431 Å². The Kier molecular flexibility index (Phi) is 22.1. The summed E-state index contributed by atoms with van der Waals surface area (Å²) in [5.41, 5.74) is 9.76. The number of rotatable bonds is 12. The molecule has 0 amide bonds. The maximum atomic E-state index is 10.9. The monoisotopic (exact) mass is 969 g/mol. The fourth-order valence-corrected chi connectivity index (χ4v) is 10.4. The number of phenols is 3. The second-order valence-corrected chi connectivity index (χ2v) is 27.8. The highest BCUT2D eigenvalue weighted by Gasteiger charge is 2.33. The van der Waals surface area contributed by atoms with Gasteiger partial charge in [0.05, 0.1) is 13.2 Å². The minimum absolute atomic E-state index is 0.0255. The molecule has 0 unspecified atom stereocenters. The Balaban J connectivity index is 0.000000278. The van der Waals surface area contributed by atoms with E-state index in [1.54, 1.807) is 0 Å². The molecule has 2 aliphatic rings. The van der Waals surface area contributed by atoms with E-state index < -0.39 is 0 Å². The van der Waals surface area contributed by atoms with Crippen LogP contribution < -0.4 is 0 Å². The number of benzene rings is 3. The highest BCUT2D eigenvalue weighted by molar-refractivity contribution is 5.52. The van der Waals surface area contributed by atoms with Crippen LogP contribution in [0, 0.1) is 11.8 Å². The molecule has 5 nitrogen and oxygen atoms in total. The van der Waals surface area contributed by atoms with E-state index in [4.69, 9.17) is 9.47 Å². The first-order valence-corrected chi connectivity index (χ1v) is 28.0. The maximum Gasteiger partial charge on any atom is 0.183 e. The highest BCUT2D eigenvalue weighted by atomic mass is 16.7. The standard InChI is InChI=1S/C23H38O.C21H34O3.C21H36O/c1-8-9-16-10-12-17(13-11-16)18-14-19(22(2,3)4)21(24)20(15-18)23(5,6)7;1-8-9-14-12-23-19(24-13-14)15-10-16(20(2,3)4)18(22)17(11-15)21(5,6)7;1-8-9-10-11-12-13-16-14-17(20(2,3)4)19(22)18(15-16)21(5,6)7/h14-17,24H,8-13H2,1-7H3;10-11,14,19,22H,8-9,12-13H2,1-7H3;14-15,22H,8-13H2,1-7H3. The van der Waals surface area contributed by atoms with Crippen LogP contribution in [-0.2, 0) is 48.4 Å². The van der Waals surface area contributed by atoms with Crippen molar-refractivity contribution in [3.8, 4) is 17.2 Å². The molecule has 1 saturated heterocycles. The molecule has 398 valence electrons. The van der Waals surface area contributed by atoms with E-state index in [2.05, 4.69) is 182 Å². The Bertz CT molecular complexity index is 1840. The van der Waals surface area contributed by atoms with E-state index in [0.29, 0.717) is 29.1 Å². The van der Waals surface area contributed by atoms with Crippen LogP contribution in [0.25, 0.3) is 0 Å². The van der Waals surface area contributed by atoms with E-state index in [1.165, 1.54) is 81.8 Å². The van der Waals surface area contributed by atoms with Crippen molar-refractivity contribution >= 4 is 0 Å². The molecular weight excluding hydrogens is 861 g/mol. The summed E-state index contributed by atoms with van der Waals surface area (Å²) < 4.78 is 12.0. The highest BCUT2D eigenvalue weighted by Crippen LogP contribution is 2.46. The summed E-state index contributed by atoms with van der Waals surface area (Å²) >= 11 is 0. The molecule has 1 aliphatic carbocycles. The van der Waals surface area contributed by atoms with Crippen LogP contribution in [0.4, 0.5) is 0 Å². The third kappa shape index (κ3) is 17.9. The number of phenolic OH excluding ortho intramolecular Hbond substituents is 3. The number of aryl methyl sites for hydroxylation is 1. The summed E-state index contributed by atoms with van der Waals surface area (Å²) in [6.07, 6.45) is 17.7. The van der Waals surface area contributed by atoms with Crippen molar-refractivity contribution in [3.05, 3.63) is 86.5 Å². The average molecular weight is 970 g/mol. The minimum Gasteiger partial charge on any atom is -0.507 e. The van der Waals surface area contributed by atoms with Gasteiger partial charge < -0.3 is 24.8 Å². The lowest BCUT2D eigenvalue weighted by molar-refractivity contribution is -0.206. The second kappa shape index (κ2) is 25.3. The number of ether oxygens (including phenoxy) is 2. The summed E-state index contributed by atoms with van der Waals surface area (Å²) in [7, 11) is 0. The van der Waals surface area contributed by atoms with Gasteiger partial charge in [0.25, 0.3) is 0 Å². The first kappa shape index (κ1) is 61.3. The number of aromatic hydroxyl groups is 3.